The molecule has 0 atom stereocenters. The molecule has 0 saturated carbocycles. The first-order chi connectivity index (χ1) is 11.8. The summed E-state index contributed by atoms with van der Waals surface area (Å²) in [6.07, 6.45) is 0. The van der Waals surface area contributed by atoms with Crippen molar-refractivity contribution in [2.45, 2.75) is 6.54 Å². The second-order valence-corrected chi connectivity index (χ2v) is 5.25. The van der Waals surface area contributed by atoms with Crippen molar-refractivity contribution < 1.29 is 14.6 Å². The Bertz CT molecular complexity index is 849. The van der Waals surface area contributed by atoms with Crippen molar-refractivity contribution in [1.82, 2.24) is 10.3 Å². The molecule has 2 aromatic carbocycles. The average molecular weight is 322 g/mol. The third-order valence-corrected chi connectivity index (χ3v) is 3.59. The van der Waals surface area contributed by atoms with Crippen LogP contribution in [0.5, 0.6) is 5.75 Å². The van der Waals surface area contributed by atoms with Gasteiger partial charge in [-0.1, -0.05) is 42.5 Å². The second-order valence-electron chi connectivity index (χ2n) is 5.25. The first-order valence-electron chi connectivity index (χ1n) is 7.73. The van der Waals surface area contributed by atoms with E-state index >= 15 is 0 Å². The monoisotopic (exact) mass is 322 g/mol. The van der Waals surface area contributed by atoms with E-state index < -0.39 is 0 Å². The number of hydrogen-bond acceptors (Lipinski definition) is 4. The fraction of sp³-hybridized carbons (Fsp3) is 0.158. The van der Waals surface area contributed by atoms with Crippen LogP contribution in [0.2, 0.25) is 0 Å². The van der Waals surface area contributed by atoms with Crippen molar-refractivity contribution in [3.8, 4) is 5.75 Å². The Hall–Kier alpha value is -2.92. The second kappa shape index (κ2) is 7.57. The van der Waals surface area contributed by atoms with Gasteiger partial charge in [0.15, 0.2) is 0 Å². The zero-order valence-electron chi connectivity index (χ0n) is 13.1. The van der Waals surface area contributed by atoms with Gasteiger partial charge in [-0.15, -0.1) is 0 Å². The molecule has 24 heavy (non-hydrogen) atoms. The van der Waals surface area contributed by atoms with Gasteiger partial charge in [-0.3, -0.25) is 4.79 Å². The topological polar surface area (TPSA) is 71.5 Å². The normalized spacial score (nSPS) is 10.5. The lowest BCUT2D eigenvalue weighted by Crippen LogP contribution is -2.24. The van der Waals surface area contributed by atoms with Crippen molar-refractivity contribution in [1.29, 1.82) is 0 Å². The molecule has 1 aromatic heterocycles. The number of nitrogens with zero attached hydrogens (tertiary/aromatic N) is 1. The highest BCUT2D eigenvalue weighted by Crippen LogP contribution is 2.18. The molecule has 0 aliphatic heterocycles. The molecule has 2 N–H and O–H groups in total. The van der Waals surface area contributed by atoms with Gasteiger partial charge in [0.1, 0.15) is 18.1 Å². The molecule has 0 spiro atoms. The highest BCUT2D eigenvalue weighted by atomic mass is 16.5. The standard InChI is InChI=1S/C19H18N2O3/c22-11-12-24-18-8-4-2-6-15(18)13-20-19(23)17-10-9-14-5-1-3-7-16(14)21-17/h1-10,22H,11-13H2,(H,20,23). The van der Waals surface area contributed by atoms with Gasteiger partial charge in [-0.25, -0.2) is 4.98 Å². The van der Waals surface area contributed by atoms with Gasteiger partial charge in [0, 0.05) is 17.5 Å². The number of amides is 1. The van der Waals surface area contributed by atoms with Gasteiger partial charge < -0.3 is 15.2 Å². The molecule has 0 bridgehead atoms. The largest absolute Gasteiger partial charge is 0.491 e. The fourth-order valence-corrected chi connectivity index (χ4v) is 2.40. The molecule has 3 rings (SSSR count). The van der Waals surface area contributed by atoms with Crippen LogP contribution in [-0.4, -0.2) is 29.2 Å². The lowest BCUT2D eigenvalue weighted by molar-refractivity contribution is 0.0946. The fourth-order valence-electron chi connectivity index (χ4n) is 2.40. The number of aromatic nitrogens is 1. The molecule has 0 aliphatic rings. The quantitative estimate of drug-likeness (QED) is 0.731. The van der Waals surface area contributed by atoms with Crippen LogP contribution in [0, 0.1) is 0 Å². The molecule has 5 nitrogen and oxygen atoms in total. The van der Waals surface area contributed by atoms with Crippen molar-refractivity contribution in [3.63, 3.8) is 0 Å². The maximum atomic E-state index is 12.3. The van der Waals surface area contributed by atoms with E-state index in [0.717, 1.165) is 16.5 Å². The van der Waals surface area contributed by atoms with Crippen LogP contribution in [0.3, 0.4) is 0 Å². The van der Waals surface area contributed by atoms with Gasteiger partial charge in [-0.05, 0) is 18.2 Å². The maximum Gasteiger partial charge on any atom is 0.270 e. The smallest absolute Gasteiger partial charge is 0.270 e. The third kappa shape index (κ3) is 3.70. The van der Waals surface area contributed by atoms with Crippen molar-refractivity contribution in [2.75, 3.05) is 13.2 Å². The van der Waals surface area contributed by atoms with E-state index in [1.165, 1.54) is 0 Å². The van der Waals surface area contributed by atoms with Gasteiger partial charge in [0.2, 0.25) is 0 Å². The Balaban J connectivity index is 1.70. The summed E-state index contributed by atoms with van der Waals surface area (Å²) in [4.78, 5) is 16.7. The molecular weight excluding hydrogens is 304 g/mol. The van der Waals surface area contributed by atoms with E-state index in [9.17, 15) is 4.79 Å². The molecule has 0 saturated heterocycles. The van der Waals surface area contributed by atoms with Gasteiger partial charge in [0.05, 0.1) is 12.1 Å². The summed E-state index contributed by atoms with van der Waals surface area (Å²) in [6.45, 7) is 0.494. The van der Waals surface area contributed by atoms with Gasteiger partial charge >= 0.3 is 0 Å². The summed E-state index contributed by atoms with van der Waals surface area (Å²) >= 11 is 0. The number of carbonyl (C=O) groups excluding carboxylic acids is 1. The first kappa shape index (κ1) is 16.0. The minimum atomic E-state index is -0.238. The number of hydrogen-bond donors (Lipinski definition) is 2. The highest BCUT2D eigenvalue weighted by molar-refractivity contribution is 5.94. The highest BCUT2D eigenvalue weighted by Gasteiger charge is 2.09. The molecule has 0 radical (unpaired) electrons. The summed E-state index contributed by atoms with van der Waals surface area (Å²) in [5, 5.41) is 12.7. The Morgan fingerprint density at radius 3 is 2.71 bits per heavy atom. The number of aliphatic hydroxyl groups is 1. The average Bonchev–Trinajstić information content (AvgIpc) is 2.64. The van der Waals surface area contributed by atoms with Crippen LogP contribution in [0.1, 0.15) is 16.1 Å². The molecule has 3 aromatic rings. The molecule has 0 fully saturated rings. The van der Waals surface area contributed by atoms with E-state index in [-0.39, 0.29) is 19.1 Å². The van der Waals surface area contributed by atoms with E-state index in [4.69, 9.17) is 9.84 Å². The van der Waals surface area contributed by atoms with Crippen LogP contribution in [0.4, 0.5) is 0 Å². The molecule has 1 amide bonds. The Morgan fingerprint density at radius 2 is 1.83 bits per heavy atom. The zero-order chi connectivity index (χ0) is 16.8. The van der Waals surface area contributed by atoms with Crippen LogP contribution in [0.25, 0.3) is 10.9 Å². The van der Waals surface area contributed by atoms with Gasteiger partial charge in [-0.2, -0.15) is 0 Å². The minimum Gasteiger partial charge on any atom is -0.491 e. The number of nitrogens with one attached hydrogen (secondary N) is 1. The number of carbonyl (C=O) groups is 1. The molecular formula is C19H18N2O3. The Morgan fingerprint density at radius 1 is 1.04 bits per heavy atom. The summed E-state index contributed by atoms with van der Waals surface area (Å²) < 4.78 is 5.47. The number of para-hydroxylation sites is 2. The lowest BCUT2D eigenvalue weighted by Gasteiger charge is -2.11. The van der Waals surface area contributed by atoms with Crippen LogP contribution >= 0.6 is 0 Å². The summed E-state index contributed by atoms with van der Waals surface area (Å²) in [6, 6.07) is 18.7. The summed E-state index contributed by atoms with van der Waals surface area (Å²) in [5.41, 5.74) is 2.01. The zero-order valence-corrected chi connectivity index (χ0v) is 13.1. The third-order valence-electron chi connectivity index (χ3n) is 3.59. The molecule has 5 heteroatoms. The minimum absolute atomic E-state index is 0.0539. The van der Waals surface area contributed by atoms with Crippen molar-refractivity contribution in [3.05, 3.63) is 71.9 Å². The predicted octanol–water partition coefficient (Wildman–Crippen LogP) is 2.54. The number of aliphatic hydroxyl groups excluding tert-OH is 1. The maximum absolute atomic E-state index is 12.3. The van der Waals surface area contributed by atoms with E-state index in [2.05, 4.69) is 10.3 Å². The number of ether oxygens (including phenoxy) is 1. The molecule has 0 unspecified atom stereocenters. The molecule has 1 heterocycles. The predicted molar refractivity (Wildman–Crippen MR) is 91.9 cm³/mol. The number of fused-ring (bicyclic) bond motifs is 1. The van der Waals surface area contributed by atoms with E-state index in [0.29, 0.717) is 18.0 Å². The first-order valence-corrected chi connectivity index (χ1v) is 7.73. The van der Waals surface area contributed by atoms with E-state index in [1.807, 2.05) is 54.6 Å². The van der Waals surface area contributed by atoms with Crippen molar-refractivity contribution in [2.24, 2.45) is 0 Å². The van der Waals surface area contributed by atoms with Gasteiger partial charge in [0.25, 0.3) is 5.91 Å². The Labute approximate surface area is 139 Å². The molecule has 122 valence electrons. The summed E-state index contributed by atoms with van der Waals surface area (Å²) in [5.74, 6) is 0.413. The van der Waals surface area contributed by atoms with Crippen LogP contribution < -0.4 is 10.1 Å². The SMILES string of the molecule is O=C(NCc1ccccc1OCCO)c1ccc2ccccc2n1. The van der Waals surface area contributed by atoms with Crippen LogP contribution in [0.15, 0.2) is 60.7 Å². The molecule has 0 aliphatic carbocycles. The van der Waals surface area contributed by atoms with E-state index in [1.54, 1.807) is 6.07 Å². The Kier molecular flexibility index (Phi) is 5.03. The lowest BCUT2D eigenvalue weighted by atomic mass is 10.2. The number of rotatable bonds is 6. The van der Waals surface area contributed by atoms with Crippen LogP contribution in [-0.2, 0) is 6.54 Å². The summed E-state index contributed by atoms with van der Waals surface area (Å²) in [7, 11) is 0. The van der Waals surface area contributed by atoms with Crippen molar-refractivity contribution >= 4 is 16.8 Å². The number of benzene rings is 2. The number of pyridine rings is 1.